The third-order valence-electron chi connectivity index (χ3n) is 8.04. The molecule has 11 heteroatoms. The number of allylic oxidation sites excluding steroid dienone is 2. The zero-order valence-corrected chi connectivity index (χ0v) is 28.0. The largest absolute Gasteiger partial charge is 0.394 e. The number of fused-ring (bicyclic) bond motifs is 1. The molecule has 248 valence electrons. The van der Waals surface area contributed by atoms with Crippen molar-refractivity contribution in [3.63, 3.8) is 0 Å². The molecule has 2 aliphatic rings. The molecule has 4 rings (SSSR count). The van der Waals surface area contributed by atoms with Crippen LogP contribution in [0.3, 0.4) is 0 Å². The minimum Gasteiger partial charge on any atom is -0.394 e. The van der Waals surface area contributed by atoms with Crippen molar-refractivity contribution in [2.45, 2.75) is 89.7 Å². The molecule has 0 saturated carbocycles. The van der Waals surface area contributed by atoms with E-state index in [2.05, 4.69) is 16.0 Å². The molecule has 1 unspecified atom stereocenters. The lowest BCUT2D eigenvalue weighted by atomic mass is 9.90. The Morgan fingerprint density at radius 2 is 1.76 bits per heavy atom. The van der Waals surface area contributed by atoms with E-state index in [1.165, 1.54) is 0 Å². The van der Waals surface area contributed by atoms with Crippen molar-refractivity contribution < 1.29 is 28.2 Å². The number of amides is 2. The molecule has 2 amide bonds. The molecule has 0 saturated heterocycles. The molecule has 1 heterocycles. The van der Waals surface area contributed by atoms with Crippen LogP contribution in [0.25, 0.3) is 5.57 Å². The predicted octanol–water partition coefficient (Wildman–Crippen LogP) is 2.52. The summed E-state index contributed by atoms with van der Waals surface area (Å²) in [7, 11) is -2.39. The summed E-state index contributed by atoms with van der Waals surface area (Å²) in [5, 5.41) is 28.3. The Balaban J connectivity index is 1.54. The summed E-state index contributed by atoms with van der Waals surface area (Å²) in [5.74, 6) is -0.483. The van der Waals surface area contributed by atoms with Crippen molar-refractivity contribution >= 4 is 38.2 Å². The van der Waals surface area contributed by atoms with E-state index in [4.69, 9.17) is 5.11 Å². The van der Waals surface area contributed by atoms with Crippen molar-refractivity contribution in [3.05, 3.63) is 83.4 Å². The van der Waals surface area contributed by atoms with Crippen LogP contribution in [0.15, 0.2) is 66.8 Å². The summed E-state index contributed by atoms with van der Waals surface area (Å²) in [6, 6.07) is 14.3. The van der Waals surface area contributed by atoms with Crippen LogP contribution >= 0.6 is 0 Å². The van der Waals surface area contributed by atoms with Gasteiger partial charge in [-0.2, -0.15) is 8.42 Å². The maximum atomic E-state index is 14.0. The Hall–Kier alpha value is -3.61. The molecule has 0 spiro atoms. The Bertz CT molecular complexity index is 1610. The number of para-hydroxylation sites is 1. The van der Waals surface area contributed by atoms with Crippen LogP contribution in [-0.2, 0) is 32.8 Å². The van der Waals surface area contributed by atoms with Crippen LogP contribution in [0, 0.1) is 0 Å². The van der Waals surface area contributed by atoms with Gasteiger partial charge in [-0.05, 0) is 81.9 Å². The maximum Gasteiger partial charge on any atom is 0.249 e. The third-order valence-corrected chi connectivity index (χ3v) is 8.80. The van der Waals surface area contributed by atoms with Gasteiger partial charge in [0, 0.05) is 29.7 Å². The number of aliphatic hydroxyl groups excluding tert-OH is 2. The van der Waals surface area contributed by atoms with Gasteiger partial charge in [-0.15, -0.1) is 0 Å². The number of nitrogens with zero attached hydrogens (tertiary/aromatic N) is 1. The Kier molecular flexibility index (Phi) is 11.4. The van der Waals surface area contributed by atoms with Gasteiger partial charge in [0.15, 0.2) is 0 Å². The summed E-state index contributed by atoms with van der Waals surface area (Å²) in [6.45, 7) is 9.69. The van der Waals surface area contributed by atoms with E-state index in [0.717, 1.165) is 28.0 Å². The van der Waals surface area contributed by atoms with E-state index in [0.29, 0.717) is 19.4 Å². The molecule has 3 atom stereocenters. The first-order valence-corrected chi connectivity index (χ1v) is 16.7. The SMILES string of the molecule is CC(C)(C)NC1C(c2ccc(CN3C(=O)[C@H](NC(=O)CC(C)(C)NC[C@H](O)CO)CCc4ccccc43)cc2)=CC=CC1=S(=O)=O. The zero-order chi connectivity index (χ0) is 33.6. The van der Waals surface area contributed by atoms with Crippen molar-refractivity contribution in [1.29, 1.82) is 0 Å². The van der Waals surface area contributed by atoms with Gasteiger partial charge in [-0.1, -0.05) is 54.6 Å². The second-order valence-corrected chi connectivity index (χ2v) is 14.6. The van der Waals surface area contributed by atoms with Crippen LogP contribution in [0.1, 0.15) is 64.2 Å². The lowest BCUT2D eigenvalue weighted by Gasteiger charge is -2.31. The standard InChI is InChI=1S/C35H46N4O6S/c1-34(2,3)38-32-27(10-8-12-30(32)46(44)45)24-15-13-23(14-16-24)21-39-29-11-7-6-9-25(29)17-18-28(33(39)43)37-31(42)19-35(4,5)36-20-26(41)22-40/h6-16,26,28,32,36,38,40-41H,17-22H2,1-5H3,(H,37,42)/t26-,28+,32?/m0/s1. The minimum absolute atomic E-state index is 0.0819. The topological polar surface area (TPSA) is 148 Å². The van der Waals surface area contributed by atoms with Crippen LogP contribution < -0.4 is 20.9 Å². The first-order valence-electron chi connectivity index (χ1n) is 15.6. The van der Waals surface area contributed by atoms with Crippen molar-refractivity contribution in [3.8, 4) is 0 Å². The summed E-state index contributed by atoms with van der Waals surface area (Å²) >= 11 is 0. The Morgan fingerprint density at radius 1 is 1.07 bits per heavy atom. The maximum absolute atomic E-state index is 14.0. The molecule has 46 heavy (non-hydrogen) atoms. The number of rotatable bonds is 11. The number of benzene rings is 2. The fourth-order valence-corrected chi connectivity index (χ4v) is 6.32. The van der Waals surface area contributed by atoms with Crippen molar-refractivity contribution in [1.82, 2.24) is 16.0 Å². The van der Waals surface area contributed by atoms with Gasteiger partial charge in [0.05, 0.1) is 30.2 Å². The van der Waals surface area contributed by atoms with Crippen molar-refractivity contribution in [2.75, 3.05) is 18.1 Å². The number of β-amino-alcohol motifs (C(OH)–C–C–N with tert-alkyl or cyclic N) is 1. The summed E-state index contributed by atoms with van der Waals surface area (Å²) in [6.07, 6.45) is 5.51. The average Bonchev–Trinajstić information content (AvgIpc) is 3.11. The highest BCUT2D eigenvalue weighted by atomic mass is 32.2. The number of hydrogen-bond donors (Lipinski definition) is 5. The highest BCUT2D eigenvalue weighted by Crippen LogP contribution is 2.30. The molecular formula is C35H46N4O6S. The number of hydrogen-bond acceptors (Lipinski definition) is 8. The first kappa shape index (κ1) is 35.2. The molecule has 1 aliphatic carbocycles. The van der Waals surface area contributed by atoms with Crippen LogP contribution in [-0.4, -0.2) is 77.7 Å². The molecule has 0 fully saturated rings. The highest BCUT2D eigenvalue weighted by molar-refractivity contribution is 7.73. The predicted molar refractivity (Wildman–Crippen MR) is 182 cm³/mol. The molecule has 1 aliphatic heterocycles. The van der Waals surface area contributed by atoms with Gasteiger partial charge in [-0.25, -0.2) is 0 Å². The molecule has 0 radical (unpaired) electrons. The quantitative estimate of drug-likeness (QED) is 0.233. The number of carbonyl (C=O) groups is 2. The lowest BCUT2D eigenvalue weighted by molar-refractivity contribution is -0.128. The Labute approximate surface area is 273 Å². The molecular weight excluding hydrogens is 604 g/mol. The zero-order valence-electron chi connectivity index (χ0n) is 27.2. The molecule has 5 N–H and O–H groups in total. The molecule has 2 aromatic carbocycles. The van der Waals surface area contributed by atoms with Crippen LogP contribution in [0.5, 0.6) is 0 Å². The monoisotopic (exact) mass is 650 g/mol. The third kappa shape index (κ3) is 9.23. The van der Waals surface area contributed by atoms with Gasteiger partial charge >= 0.3 is 0 Å². The summed E-state index contributed by atoms with van der Waals surface area (Å²) in [5.41, 5.74) is 3.42. The highest BCUT2D eigenvalue weighted by Gasteiger charge is 2.33. The van der Waals surface area contributed by atoms with E-state index >= 15 is 0 Å². The molecule has 0 bridgehead atoms. The van der Waals surface area contributed by atoms with E-state index in [1.54, 1.807) is 17.1 Å². The van der Waals surface area contributed by atoms with Crippen LogP contribution in [0.4, 0.5) is 5.69 Å². The van der Waals surface area contributed by atoms with Gasteiger partial charge in [0.25, 0.3) is 0 Å². The van der Waals surface area contributed by atoms with Crippen molar-refractivity contribution in [2.24, 2.45) is 0 Å². The van der Waals surface area contributed by atoms with E-state index in [-0.39, 0.29) is 41.8 Å². The van der Waals surface area contributed by atoms with Gasteiger partial charge < -0.3 is 31.1 Å². The van der Waals surface area contributed by atoms with E-state index in [9.17, 15) is 23.1 Å². The first-order chi connectivity index (χ1) is 21.7. The molecule has 2 aromatic rings. The average molecular weight is 651 g/mol. The molecule has 10 nitrogen and oxygen atoms in total. The van der Waals surface area contributed by atoms with E-state index in [1.807, 2.05) is 89.2 Å². The second-order valence-electron chi connectivity index (χ2n) is 13.6. The smallest absolute Gasteiger partial charge is 0.249 e. The second kappa shape index (κ2) is 14.9. The summed E-state index contributed by atoms with van der Waals surface area (Å²) < 4.78 is 24.1. The van der Waals surface area contributed by atoms with E-state index < -0.39 is 34.0 Å². The van der Waals surface area contributed by atoms with Crippen LogP contribution in [0.2, 0.25) is 0 Å². The molecule has 0 aromatic heterocycles. The number of carbonyl (C=O) groups excluding carboxylic acids is 2. The van der Waals surface area contributed by atoms with Gasteiger partial charge in [0.2, 0.25) is 22.1 Å². The number of anilines is 1. The number of nitrogens with one attached hydrogen (secondary N) is 3. The number of aryl methyl sites for hydroxylation is 1. The fourth-order valence-electron chi connectivity index (χ4n) is 5.75. The minimum atomic E-state index is -2.39. The van der Waals surface area contributed by atoms with Gasteiger partial charge in [-0.3, -0.25) is 9.59 Å². The fraction of sp³-hybridized carbons (Fsp3) is 0.457. The number of aliphatic hydroxyl groups is 2. The lowest BCUT2D eigenvalue weighted by Crippen LogP contribution is -2.51. The normalized spacial score (nSPS) is 19.3. The Morgan fingerprint density at radius 3 is 2.41 bits per heavy atom. The summed E-state index contributed by atoms with van der Waals surface area (Å²) in [4.78, 5) is 29.1. The van der Waals surface area contributed by atoms with Gasteiger partial charge in [0.1, 0.15) is 6.04 Å².